The molecule has 6 aliphatic carbocycles. The van der Waals surface area contributed by atoms with Gasteiger partial charge in [0, 0.05) is 66.9 Å². The molecule has 796 valence electrons. The molecule has 144 heavy (non-hydrogen) atoms. The quantitative estimate of drug-likeness (QED) is 0.0231. The standard InChI is InChI=1S/C33H44N2O11.C25H32N2O7.C24H28N2O9.C12H17NO7.C2HF3O.3CH4/c1-17(42-29(40)46-31(5,6)7)27(38)34-19(28(39)45-30(2,3)4)16-23(37)43-21-11-12-33(41)22-15-18-9-10-20(36)25-24(18)32(33,26(21)44-25)13-14-35(22)8;1-23(2,3)34-22(30)14(26)12-18(29)32-16-7-8-25(31)17-11-13-5-6-15(28)20-19(13)24(25,21(16)33-20)9-10-27(17)4;1-11(27)21(30)25-13(22(31)32)10-17(29)34-15-5-6-24(33)16-9-12-3-4-14(28)19-18(12)23(24,20(15)35-19)7-8-26(16)2;1-7(18-11(17)19-12(2,3)4)10(16)20-13-8(14)5-6-9(13)15;3-2(4,5)1-6;;;/h9-11,17,19,22,26,36,41H,12-16H2,1-8H3,(H,34,38);5-7,14,17,21,28,31H,8-12,26H2,1-4H3;3-5,11,13,16,20,27-28,33H,6-10H2,1-2H3,(H,25,30)(H,31,32);7H,5-6H2,1-4H3;1H;3*1H4/t17-,19-,22+,26-,32-,33+;14-,17+,21-,24-,25+;11-,13-,16+,20-,23-,24+;7-;;;;/m0000..../s1. The van der Waals surface area contributed by atoms with Gasteiger partial charge in [0.25, 0.3) is 17.7 Å². The van der Waals surface area contributed by atoms with E-state index in [1.165, 1.54) is 20.8 Å². The van der Waals surface area contributed by atoms with Crippen molar-refractivity contribution >= 4 is 84.0 Å². The van der Waals surface area contributed by atoms with Crippen molar-refractivity contribution in [3.05, 3.63) is 105 Å². The van der Waals surface area contributed by atoms with E-state index in [9.17, 15) is 116 Å². The lowest BCUT2D eigenvalue weighted by atomic mass is 9.50. The van der Waals surface area contributed by atoms with Gasteiger partial charge in [-0.25, -0.2) is 24.0 Å². The number of phenolic OH excluding ortho intramolecular Hbond substituents is 3. The number of nitrogens with two attached hydrogens (primary N) is 1. The number of aromatic hydroxyl groups is 3. The fraction of sp³-hybridized carbons (Fsp3) is 0.616. The number of hydroxylamine groups is 2. The molecule has 6 bridgehead atoms. The number of carboxylic acid groups (broad SMARTS) is 1. The van der Waals surface area contributed by atoms with Crippen LogP contribution in [0.2, 0.25) is 0 Å². The summed E-state index contributed by atoms with van der Waals surface area (Å²) in [6, 6.07) is 5.50. The summed E-state index contributed by atoms with van der Waals surface area (Å²) < 4.78 is 97.5. The molecule has 16 rings (SSSR count). The van der Waals surface area contributed by atoms with Crippen LogP contribution in [0, 0.1) is 0 Å². The van der Waals surface area contributed by atoms with Crippen molar-refractivity contribution in [1.29, 1.82) is 0 Å². The van der Waals surface area contributed by atoms with Gasteiger partial charge in [-0.05, 0) is 236 Å². The van der Waals surface area contributed by atoms with Gasteiger partial charge in [0.05, 0.1) is 52.3 Å². The van der Waals surface area contributed by atoms with Crippen LogP contribution < -0.4 is 30.6 Å². The molecule has 7 aliphatic heterocycles. The van der Waals surface area contributed by atoms with Gasteiger partial charge >= 0.3 is 60.3 Å². The molecule has 3 aromatic rings. The topological polar surface area (TPSA) is 584 Å². The maximum Gasteiger partial charge on any atom is 0.509 e. The molecule has 12 N–H and O–H groups in total. The molecule has 13 aliphatic rings. The number of nitrogens with zero attached hydrogens (tertiary/aromatic N) is 4. The zero-order chi connectivity index (χ0) is 105. The number of aliphatic hydroxyl groups excluding tert-OH is 1. The fourth-order valence-electron chi connectivity index (χ4n) is 20.9. The summed E-state index contributed by atoms with van der Waals surface area (Å²) >= 11 is 0. The predicted octanol–water partition coefficient (Wildman–Crippen LogP) is 7.19. The highest BCUT2D eigenvalue weighted by molar-refractivity contribution is 6.02. The number of amides is 4. The maximum absolute atomic E-state index is 13.5. The molecule has 0 unspecified atom stereocenters. The SMILES string of the molecule is C.C.C.CN1CC[C@]23c4c5ccc(O)c4O[C@H]2C(OC(=O)C[C@H](N)C(=O)OC(C)(C)C)=CC[C@@]3(O)[C@H]1C5.C[C@H](O)C(=O)N[C@@H](CC(=O)OC1=CC[C@@]2(O)[C@H]3Cc4ccc(O)c5c4[C@@]2(CCN3C)[C@H]1O5)C(=O)O.C[C@H](OC(=O)OC(C)(C)C)C(=O)N[C@@H](CC(=O)OC1=CC[C@@]2(O)[C@H]3Cc4ccc(O)c5c4[C@@]2(CCN3C)[C@H]1O5)C(=O)OC(C)(C)C.C[C@H](OC(=O)OC(C)(C)C)C(=O)ON1C(=O)CCC1=O.O=CC(F)(F)F. The van der Waals surface area contributed by atoms with Gasteiger partial charge in [0.2, 0.25) is 18.3 Å². The number of aldehydes is 1. The number of phenols is 3. The molecule has 4 amide bonds. The number of halogens is 3. The normalized spacial score (nSPS) is 27.0. The first kappa shape index (κ1) is 115. The Morgan fingerprint density at radius 2 is 0.799 bits per heavy atom. The molecule has 42 nitrogen and oxygen atoms in total. The van der Waals surface area contributed by atoms with Gasteiger partial charge in [-0.1, -0.05) is 40.5 Å². The second-order valence-electron chi connectivity index (χ2n) is 41.3. The highest BCUT2D eigenvalue weighted by Gasteiger charge is 2.76. The van der Waals surface area contributed by atoms with Crippen LogP contribution in [0.5, 0.6) is 34.5 Å². The number of aliphatic carboxylic acids is 1. The minimum atomic E-state index is -4.64. The molecular formula is C99H134F3N7O35. The Morgan fingerprint density at radius 3 is 1.12 bits per heavy atom. The van der Waals surface area contributed by atoms with Crippen molar-refractivity contribution in [1.82, 2.24) is 30.4 Å². The molecule has 18 atom stereocenters. The van der Waals surface area contributed by atoms with Crippen LogP contribution in [-0.4, -0.2) is 304 Å². The van der Waals surface area contributed by atoms with E-state index >= 15 is 0 Å². The van der Waals surface area contributed by atoms with E-state index in [0.29, 0.717) is 62.4 Å². The first-order chi connectivity index (χ1) is 65.3. The summed E-state index contributed by atoms with van der Waals surface area (Å²) in [7, 11) is 5.93. The van der Waals surface area contributed by atoms with Crippen LogP contribution in [0.15, 0.2) is 71.9 Å². The monoisotopic (exact) mass is 2040 g/mol. The van der Waals surface area contributed by atoms with Crippen LogP contribution >= 0.6 is 0 Å². The van der Waals surface area contributed by atoms with Crippen LogP contribution in [0.4, 0.5) is 22.8 Å². The highest BCUT2D eigenvalue weighted by Crippen LogP contribution is 2.69. The Bertz CT molecular complexity index is 5580. The van der Waals surface area contributed by atoms with E-state index in [1.54, 1.807) is 120 Å². The molecule has 45 heteroatoms. The van der Waals surface area contributed by atoms with E-state index in [4.69, 9.17) is 62.6 Å². The summed E-state index contributed by atoms with van der Waals surface area (Å²) in [5.74, 6) is -8.20. The Balaban J connectivity index is 0.000000214. The Morgan fingerprint density at radius 1 is 0.486 bits per heavy atom. The summed E-state index contributed by atoms with van der Waals surface area (Å²) in [5, 5.41) is 92.0. The molecule has 4 fully saturated rings. The van der Waals surface area contributed by atoms with E-state index in [-0.39, 0.29) is 125 Å². The summed E-state index contributed by atoms with van der Waals surface area (Å²) in [5.41, 5.74) is 1.49. The lowest BCUT2D eigenvalue weighted by molar-refractivity contribution is -0.203. The Labute approximate surface area is 830 Å². The largest absolute Gasteiger partial charge is 0.509 e. The second-order valence-corrected chi connectivity index (χ2v) is 41.3. The summed E-state index contributed by atoms with van der Waals surface area (Å²) in [6.07, 6.45) is -7.24. The van der Waals surface area contributed by atoms with Crippen molar-refractivity contribution in [3.8, 4) is 34.5 Å². The van der Waals surface area contributed by atoms with Gasteiger partial charge in [0.15, 0.2) is 58.9 Å². The van der Waals surface area contributed by atoms with Crippen molar-refractivity contribution in [2.24, 2.45) is 5.73 Å². The number of likely N-dealkylation sites (tertiary alicyclic amines) is 3. The maximum atomic E-state index is 13.5. The predicted molar refractivity (Wildman–Crippen MR) is 498 cm³/mol. The molecule has 4 saturated heterocycles. The van der Waals surface area contributed by atoms with Gasteiger partial charge in [-0.2, -0.15) is 13.2 Å². The number of hydrogen-bond donors (Lipinski definition) is 11. The number of hydrogen-bond acceptors (Lipinski definition) is 38. The van der Waals surface area contributed by atoms with Gasteiger partial charge in [-0.15, -0.1) is 5.06 Å². The molecule has 0 aromatic heterocycles. The number of esters is 5. The van der Waals surface area contributed by atoms with Crippen molar-refractivity contribution in [3.63, 3.8) is 0 Å². The van der Waals surface area contributed by atoms with Crippen LogP contribution in [-0.2, 0) is 141 Å². The first-order valence-electron chi connectivity index (χ1n) is 46.0. The van der Waals surface area contributed by atoms with Crippen LogP contribution in [0.3, 0.4) is 0 Å². The van der Waals surface area contributed by atoms with Crippen molar-refractivity contribution in [2.45, 2.75) is 351 Å². The van der Waals surface area contributed by atoms with Gasteiger partial charge < -0.3 is 134 Å². The molecule has 7 heterocycles. The minimum Gasteiger partial charge on any atom is -0.504 e. The first-order valence-corrected chi connectivity index (χ1v) is 46.0. The van der Waals surface area contributed by atoms with Crippen LogP contribution in [0.25, 0.3) is 0 Å². The van der Waals surface area contributed by atoms with E-state index in [1.807, 2.05) is 39.3 Å². The zero-order valence-corrected chi connectivity index (χ0v) is 81.3. The third kappa shape index (κ3) is 22.7. The number of ether oxygens (including phenoxy) is 12. The van der Waals surface area contributed by atoms with Crippen molar-refractivity contribution in [2.75, 3.05) is 40.8 Å². The second kappa shape index (κ2) is 42.4. The number of imide groups is 1. The number of aliphatic hydroxyl groups is 4. The number of rotatable bonds is 20. The number of benzene rings is 3. The van der Waals surface area contributed by atoms with E-state index in [0.717, 1.165) is 39.9 Å². The molecule has 0 saturated carbocycles. The number of nitrogens with one attached hydrogen (secondary N) is 2. The average molecular weight is 2040 g/mol. The Hall–Kier alpha value is -12.3. The third-order valence-corrected chi connectivity index (χ3v) is 26.9. The molecule has 0 radical (unpaired) electrons. The third-order valence-electron chi connectivity index (χ3n) is 26.9. The smallest absolute Gasteiger partial charge is 0.504 e. The lowest BCUT2D eigenvalue weighted by Crippen LogP contribution is -2.74. The molecule has 3 aromatic carbocycles. The highest BCUT2D eigenvalue weighted by atomic mass is 19.4. The Kier molecular flexibility index (Phi) is 34.0. The summed E-state index contributed by atoms with van der Waals surface area (Å²) in [4.78, 5) is 178. The molecular weight excluding hydrogens is 1900 g/mol. The minimum absolute atomic E-state index is 0. The number of likely N-dealkylation sites (N-methyl/N-ethyl adjacent to an activating group) is 3. The van der Waals surface area contributed by atoms with Crippen molar-refractivity contribution < 1.29 is 183 Å². The number of carbonyl (C=O) groups excluding carboxylic acids is 13. The van der Waals surface area contributed by atoms with E-state index < -0.39 is 213 Å². The van der Waals surface area contributed by atoms with Gasteiger partial charge in [-0.3, -0.25) is 43.2 Å². The average Bonchev–Trinajstić information content (AvgIpc) is 1.49. The lowest BCUT2D eigenvalue weighted by Gasteiger charge is -2.61. The summed E-state index contributed by atoms with van der Waals surface area (Å²) in [6.45, 7) is 25.7. The number of carbonyl (C=O) groups is 14. The van der Waals surface area contributed by atoms with Crippen LogP contribution in [0.1, 0.15) is 230 Å². The molecule has 3 spiro atoms. The number of alkyl halides is 3. The number of carboxylic acids is 1. The fourth-order valence-corrected chi connectivity index (χ4v) is 20.9. The number of piperidine rings is 3. The zero-order valence-electron chi connectivity index (χ0n) is 81.3. The van der Waals surface area contributed by atoms with E-state index in [2.05, 4.69) is 34.9 Å². The van der Waals surface area contributed by atoms with Gasteiger partial charge in [0.1, 0.15) is 63.9 Å².